The SMILES string of the molecule is CCCCCCCCCCCCCCCCCC(=O)NCC(=O)OC(CN)(CCO)CCO. The molecule has 1 amide bonds. The molecule has 0 aliphatic rings. The van der Waals surface area contributed by atoms with E-state index in [1.54, 1.807) is 0 Å². The predicted octanol–water partition coefficient (Wildman–Crippen LogP) is 4.37. The van der Waals surface area contributed by atoms with Gasteiger partial charge in [0.1, 0.15) is 12.1 Å². The summed E-state index contributed by atoms with van der Waals surface area (Å²) in [5, 5.41) is 20.9. The van der Waals surface area contributed by atoms with E-state index < -0.39 is 11.6 Å². The Kier molecular flexibility index (Phi) is 21.8. The number of hydrogen-bond donors (Lipinski definition) is 4. The van der Waals surface area contributed by atoms with E-state index in [1.807, 2.05) is 0 Å². The highest BCUT2D eigenvalue weighted by molar-refractivity contribution is 5.82. The second kappa shape index (κ2) is 22.6. The maximum absolute atomic E-state index is 12.0. The van der Waals surface area contributed by atoms with Crippen LogP contribution < -0.4 is 11.1 Å². The lowest BCUT2D eigenvalue weighted by Crippen LogP contribution is -2.46. The van der Waals surface area contributed by atoms with Crippen LogP contribution in [-0.4, -0.2) is 54.0 Å². The molecule has 196 valence electrons. The van der Waals surface area contributed by atoms with Gasteiger partial charge >= 0.3 is 5.97 Å². The van der Waals surface area contributed by atoms with Gasteiger partial charge in [0.25, 0.3) is 0 Å². The largest absolute Gasteiger partial charge is 0.456 e. The minimum atomic E-state index is -1.08. The van der Waals surface area contributed by atoms with Gasteiger partial charge in [-0.1, -0.05) is 96.8 Å². The summed E-state index contributed by atoms with van der Waals surface area (Å²) in [5.74, 6) is -0.767. The number of nitrogens with two attached hydrogens (primary N) is 1. The molecule has 0 fully saturated rings. The Morgan fingerprint density at radius 3 is 1.58 bits per heavy atom. The summed E-state index contributed by atoms with van der Waals surface area (Å²) in [4.78, 5) is 24.0. The summed E-state index contributed by atoms with van der Waals surface area (Å²) in [6.07, 6.45) is 19.9. The van der Waals surface area contributed by atoms with Crippen LogP contribution in [0, 0.1) is 0 Å². The quantitative estimate of drug-likeness (QED) is 0.122. The molecule has 0 radical (unpaired) electrons. The summed E-state index contributed by atoms with van der Waals surface area (Å²) >= 11 is 0. The van der Waals surface area contributed by atoms with Crippen LogP contribution in [0.2, 0.25) is 0 Å². The monoisotopic (exact) mass is 472 g/mol. The van der Waals surface area contributed by atoms with E-state index in [0.29, 0.717) is 6.42 Å². The van der Waals surface area contributed by atoms with Crippen LogP contribution in [0.25, 0.3) is 0 Å². The molecule has 0 saturated heterocycles. The smallest absolute Gasteiger partial charge is 0.326 e. The van der Waals surface area contributed by atoms with Gasteiger partial charge in [-0.15, -0.1) is 0 Å². The molecule has 0 bridgehead atoms. The number of aliphatic hydroxyl groups is 2. The summed E-state index contributed by atoms with van der Waals surface area (Å²) in [6.45, 7) is 1.64. The van der Waals surface area contributed by atoms with Crippen LogP contribution in [0.3, 0.4) is 0 Å². The second-order valence-corrected chi connectivity index (χ2v) is 9.28. The number of nitrogens with one attached hydrogen (secondary N) is 1. The minimum absolute atomic E-state index is 0.00688. The van der Waals surface area contributed by atoms with Gasteiger partial charge in [0.15, 0.2) is 0 Å². The Morgan fingerprint density at radius 2 is 1.18 bits per heavy atom. The normalized spacial score (nSPS) is 11.5. The van der Waals surface area contributed by atoms with Crippen molar-refractivity contribution in [3.05, 3.63) is 0 Å². The number of hydrogen-bond acceptors (Lipinski definition) is 6. The van der Waals surface area contributed by atoms with E-state index in [0.717, 1.165) is 19.3 Å². The molecular formula is C26H52N2O5. The summed E-state index contributed by atoms with van der Waals surface area (Å²) in [7, 11) is 0. The number of carbonyl (C=O) groups is 2. The van der Waals surface area contributed by atoms with E-state index >= 15 is 0 Å². The Morgan fingerprint density at radius 1 is 0.758 bits per heavy atom. The zero-order chi connectivity index (χ0) is 24.6. The molecule has 0 atom stereocenters. The molecule has 0 aliphatic heterocycles. The average molecular weight is 473 g/mol. The molecule has 7 heteroatoms. The number of aliphatic hydroxyl groups excluding tert-OH is 2. The second-order valence-electron chi connectivity index (χ2n) is 9.28. The molecule has 0 saturated carbocycles. The maximum atomic E-state index is 12.0. The van der Waals surface area contributed by atoms with Crippen LogP contribution in [0.1, 0.15) is 122 Å². The lowest BCUT2D eigenvalue weighted by atomic mass is 9.96. The standard InChI is InChI=1S/C26H52N2O5/c1-2-3-4-5-6-7-8-9-10-11-12-13-14-15-16-17-24(31)28-22-25(32)33-26(23-27,18-20-29)19-21-30/h29-30H,2-23,27H2,1H3,(H,28,31). The third-order valence-electron chi connectivity index (χ3n) is 6.27. The number of rotatable bonds is 24. The van der Waals surface area contributed by atoms with Gasteiger partial charge in [-0.3, -0.25) is 9.59 Å². The van der Waals surface area contributed by atoms with Crippen LogP contribution in [0.4, 0.5) is 0 Å². The first kappa shape index (κ1) is 31.8. The van der Waals surface area contributed by atoms with Crippen LogP contribution in [-0.2, 0) is 14.3 Å². The highest BCUT2D eigenvalue weighted by Gasteiger charge is 2.32. The lowest BCUT2D eigenvalue weighted by molar-refractivity contribution is -0.161. The van der Waals surface area contributed by atoms with Crippen molar-refractivity contribution in [3.63, 3.8) is 0 Å². The first-order valence-electron chi connectivity index (χ1n) is 13.4. The molecule has 0 aromatic heterocycles. The van der Waals surface area contributed by atoms with E-state index in [2.05, 4.69) is 12.2 Å². The molecular weight excluding hydrogens is 420 g/mol. The molecule has 33 heavy (non-hydrogen) atoms. The van der Waals surface area contributed by atoms with Crippen LogP contribution in [0.5, 0.6) is 0 Å². The molecule has 0 aromatic carbocycles. The molecule has 0 rings (SSSR count). The van der Waals surface area contributed by atoms with Gasteiger partial charge in [0.05, 0.1) is 0 Å². The first-order chi connectivity index (χ1) is 16.0. The van der Waals surface area contributed by atoms with E-state index in [1.165, 1.54) is 77.0 Å². The molecule has 7 nitrogen and oxygen atoms in total. The fraction of sp³-hybridized carbons (Fsp3) is 0.923. The summed E-state index contributed by atoms with van der Waals surface area (Å²) in [6, 6.07) is 0. The van der Waals surface area contributed by atoms with Crippen molar-refractivity contribution < 1.29 is 24.5 Å². The number of ether oxygens (including phenoxy) is 1. The van der Waals surface area contributed by atoms with E-state index in [9.17, 15) is 9.59 Å². The fourth-order valence-electron chi connectivity index (χ4n) is 4.07. The van der Waals surface area contributed by atoms with Crippen LogP contribution >= 0.6 is 0 Å². The van der Waals surface area contributed by atoms with Crippen LogP contribution in [0.15, 0.2) is 0 Å². The topological polar surface area (TPSA) is 122 Å². The molecule has 0 aliphatic carbocycles. The van der Waals surface area contributed by atoms with Crippen molar-refractivity contribution in [2.45, 2.75) is 128 Å². The molecule has 0 aromatic rings. The lowest BCUT2D eigenvalue weighted by Gasteiger charge is -2.31. The van der Waals surface area contributed by atoms with Gasteiger partial charge < -0.3 is 26.0 Å². The van der Waals surface area contributed by atoms with Gasteiger partial charge in [-0.05, 0) is 6.42 Å². The molecule has 5 N–H and O–H groups in total. The number of carbonyl (C=O) groups excluding carboxylic acids is 2. The van der Waals surface area contributed by atoms with Crippen molar-refractivity contribution >= 4 is 11.9 Å². The Hall–Kier alpha value is -1.18. The van der Waals surface area contributed by atoms with Crippen molar-refractivity contribution in [2.24, 2.45) is 5.73 Å². The Bertz CT molecular complexity index is 468. The zero-order valence-corrected chi connectivity index (χ0v) is 21.3. The highest BCUT2D eigenvalue weighted by Crippen LogP contribution is 2.19. The first-order valence-corrected chi connectivity index (χ1v) is 13.4. The summed E-state index contributed by atoms with van der Waals surface area (Å²) in [5.41, 5.74) is 4.58. The van der Waals surface area contributed by atoms with E-state index in [-0.39, 0.29) is 45.1 Å². The third kappa shape index (κ3) is 18.9. The number of unbranched alkanes of at least 4 members (excludes halogenated alkanes) is 14. The fourth-order valence-corrected chi connectivity index (χ4v) is 4.07. The van der Waals surface area contributed by atoms with Gasteiger partial charge in [0, 0.05) is 39.0 Å². The van der Waals surface area contributed by atoms with Crippen molar-refractivity contribution in [1.29, 1.82) is 0 Å². The van der Waals surface area contributed by atoms with Gasteiger partial charge in [-0.2, -0.15) is 0 Å². The minimum Gasteiger partial charge on any atom is -0.456 e. The number of amides is 1. The predicted molar refractivity (Wildman–Crippen MR) is 134 cm³/mol. The summed E-state index contributed by atoms with van der Waals surface area (Å²) < 4.78 is 5.35. The van der Waals surface area contributed by atoms with E-state index in [4.69, 9.17) is 20.7 Å². The average Bonchev–Trinajstić information content (AvgIpc) is 2.80. The maximum Gasteiger partial charge on any atom is 0.326 e. The molecule has 0 spiro atoms. The Labute approximate surface area is 202 Å². The highest BCUT2D eigenvalue weighted by atomic mass is 16.6. The van der Waals surface area contributed by atoms with Gasteiger partial charge in [0.2, 0.25) is 5.91 Å². The van der Waals surface area contributed by atoms with Crippen molar-refractivity contribution in [2.75, 3.05) is 26.3 Å². The van der Waals surface area contributed by atoms with Crippen molar-refractivity contribution in [3.8, 4) is 0 Å². The Balaban J connectivity index is 3.61. The van der Waals surface area contributed by atoms with Crippen molar-refractivity contribution in [1.82, 2.24) is 5.32 Å². The molecule has 0 unspecified atom stereocenters. The van der Waals surface area contributed by atoms with Gasteiger partial charge in [-0.25, -0.2) is 0 Å². The zero-order valence-electron chi connectivity index (χ0n) is 21.3. The number of esters is 1. The molecule has 0 heterocycles. The third-order valence-corrected chi connectivity index (χ3v) is 6.27.